The third-order valence-corrected chi connectivity index (χ3v) is 9.21. The number of nitrogens with zero attached hydrogens (tertiary/aromatic N) is 5. The molecule has 3 N–H and O–H groups in total. The number of carbonyl (C=O) groups excluding carboxylic acids is 3. The van der Waals surface area contributed by atoms with Crippen molar-refractivity contribution in [2.45, 2.75) is 110 Å². The minimum absolute atomic E-state index is 0.0471. The van der Waals surface area contributed by atoms with Crippen LogP contribution in [0.4, 0.5) is 10.5 Å². The number of carbonyl (C=O) groups is 3. The molecular formula is C38H49N7O6. The Hall–Kier alpha value is -4.88. The number of rotatable bonds is 20. The number of urea groups is 1. The fourth-order valence-electron chi connectivity index (χ4n) is 6.52. The molecule has 2 aromatic heterocycles. The van der Waals surface area contributed by atoms with Crippen LogP contribution < -0.4 is 10.9 Å². The molecule has 1 aliphatic heterocycles. The number of amides is 4. The third-order valence-electron chi connectivity index (χ3n) is 9.21. The molecule has 13 nitrogen and oxygen atoms in total. The number of hydrogen-bond donors (Lipinski definition) is 3. The molecule has 1 fully saturated rings. The summed E-state index contributed by atoms with van der Waals surface area (Å²) in [6.07, 6.45) is 11.0. The topological polar surface area (TPSA) is 163 Å². The van der Waals surface area contributed by atoms with Crippen LogP contribution in [0.3, 0.4) is 0 Å². The molecule has 0 bridgehead atoms. The summed E-state index contributed by atoms with van der Waals surface area (Å²) in [5.74, 6) is -1.63. The molecule has 4 amide bonds. The number of ether oxygens (including phenoxy) is 1. The standard InChI is InChI=1S/C38H49N7O6/c1-3-5-6-7-8-9-10-11-12-18-23-43-33(42-32-30(35(43)48)39-26-40-32)31(34(47)41-29-22-17-16-21-28(29)25-46)45-36(49)37(51-4-2)44(38(45)50)24-27-19-14-13-15-20-27/h13-17,19-22,26,31,37,46H,3-12,18,23-25H2,1-2H3,(H,39,40)(H,41,47). The van der Waals surface area contributed by atoms with Gasteiger partial charge in [0, 0.05) is 24.4 Å². The number of benzene rings is 2. The highest BCUT2D eigenvalue weighted by molar-refractivity contribution is 6.09. The Labute approximate surface area is 298 Å². The molecule has 3 heterocycles. The van der Waals surface area contributed by atoms with E-state index in [1.807, 2.05) is 30.3 Å². The number of anilines is 1. The Kier molecular flexibility index (Phi) is 13.5. The van der Waals surface area contributed by atoms with Gasteiger partial charge in [-0.05, 0) is 25.0 Å². The van der Waals surface area contributed by atoms with Gasteiger partial charge in [-0.15, -0.1) is 0 Å². The van der Waals surface area contributed by atoms with Gasteiger partial charge in [0.1, 0.15) is 5.82 Å². The number of aromatic amines is 1. The van der Waals surface area contributed by atoms with Crippen LogP contribution in [0.25, 0.3) is 11.2 Å². The number of unbranched alkanes of at least 4 members (excludes halogenated alkanes) is 9. The van der Waals surface area contributed by atoms with Gasteiger partial charge in [0.2, 0.25) is 6.23 Å². The molecule has 0 aliphatic carbocycles. The minimum atomic E-state index is -1.67. The van der Waals surface area contributed by atoms with E-state index in [1.54, 1.807) is 31.2 Å². The zero-order valence-electron chi connectivity index (χ0n) is 29.6. The van der Waals surface area contributed by atoms with E-state index >= 15 is 0 Å². The Bertz CT molecular complexity index is 1820. The quantitative estimate of drug-likeness (QED) is 0.0743. The molecule has 2 aromatic carbocycles. The lowest BCUT2D eigenvalue weighted by Gasteiger charge is -2.27. The predicted molar refractivity (Wildman–Crippen MR) is 193 cm³/mol. The molecule has 2 atom stereocenters. The summed E-state index contributed by atoms with van der Waals surface area (Å²) in [6.45, 7) is 3.95. The van der Waals surface area contributed by atoms with Crippen molar-refractivity contribution in [3.05, 3.63) is 88.2 Å². The lowest BCUT2D eigenvalue weighted by Crippen LogP contribution is -2.45. The van der Waals surface area contributed by atoms with Gasteiger partial charge >= 0.3 is 6.03 Å². The molecular weight excluding hydrogens is 650 g/mol. The lowest BCUT2D eigenvalue weighted by molar-refractivity contribution is -0.145. The second kappa shape index (κ2) is 18.4. The third kappa shape index (κ3) is 8.89. The number of fused-ring (bicyclic) bond motifs is 1. The highest BCUT2D eigenvalue weighted by atomic mass is 16.5. The van der Waals surface area contributed by atoms with Crippen LogP contribution in [0.2, 0.25) is 0 Å². The van der Waals surface area contributed by atoms with Gasteiger partial charge in [-0.25, -0.2) is 19.7 Å². The van der Waals surface area contributed by atoms with Gasteiger partial charge in [-0.3, -0.25) is 23.9 Å². The van der Waals surface area contributed by atoms with E-state index in [0.717, 1.165) is 36.1 Å². The zero-order valence-corrected chi connectivity index (χ0v) is 29.6. The number of imidazole rings is 1. The van der Waals surface area contributed by atoms with Crippen molar-refractivity contribution in [2.24, 2.45) is 0 Å². The number of para-hydroxylation sites is 1. The largest absolute Gasteiger partial charge is 0.392 e. The van der Waals surface area contributed by atoms with Crippen LogP contribution in [0.1, 0.15) is 101 Å². The monoisotopic (exact) mass is 699 g/mol. The van der Waals surface area contributed by atoms with Gasteiger partial charge in [-0.2, -0.15) is 0 Å². The fraction of sp³-hybridized carbons (Fsp3) is 0.474. The smallest absolute Gasteiger partial charge is 0.330 e. The van der Waals surface area contributed by atoms with Crippen molar-refractivity contribution in [1.82, 2.24) is 29.3 Å². The molecule has 51 heavy (non-hydrogen) atoms. The normalized spacial score (nSPS) is 15.2. The average Bonchev–Trinajstić information content (AvgIpc) is 3.70. The summed E-state index contributed by atoms with van der Waals surface area (Å²) in [6, 6.07) is 13.4. The number of H-pyrrole nitrogens is 1. The molecule has 4 aromatic rings. The number of nitrogens with one attached hydrogen (secondary N) is 2. The Morgan fingerprint density at radius 1 is 0.922 bits per heavy atom. The van der Waals surface area contributed by atoms with Gasteiger partial charge in [0.05, 0.1) is 19.5 Å². The van der Waals surface area contributed by atoms with Crippen LogP contribution in [-0.2, 0) is 34.0 Å². The summed E-state index contributed by atoms with van der Waals surface area (Å²) in [7, 11) is 0. The highest BCUT2D eigenvalue weighted by Gasteiger charge is 2.52. The van der Waals surface area contributed by atoms with Crippen LogP contribution in [-0.4, -0.2) is 65.1 Å². The average molecular weight is 700 g/mol. The Balaban J connectivity index is 1.50. The van der Waals surface area contributed by atoms with Crippen LogP contribution >= 0.6 is 0 Å². The zero-order chi connectivity index (χ0) is 36.2. The van der Waals surface area contributed by atoms with Gasteiger partial charge in [0.15, 0.2) is 17.2 Å². The molecule has 13 heteroatoms. The maximum atomic E-state index is 14.5. The van der Waals surface area contributed by atoms with E-state index in [0.29, 0.717) is 17.7 Å². The second-order valence-electron chi connectivity index (χ2n) is 12.8. The molecule has 0 radical (unpaired) electrons. The lowest BCUT2D eigenvalue weighted by atomic mass is 10.1. The predicted octanol–water partition coefficient (Wildman–Crippen LogP) is 6.04. The molecule has 2 unspecified atom stereocenters. The van der Waals surface area contributed by atoms with Crippen LogP contribution in [0.15, 0.2) is 65.7 Å². The first-order valence-corrected chi connectivity index (χ1v) is 18.1. The van der Waals surface area contributed by atoms with Crippen molar-refractivity contribution in [1.29, 1.82) is 0 Å². The van der Waals surface area contributed by atoms with Gasteiger partial charge in [-0.1, -0.05) is 113 Å². The van der Waals surface area contributed by atoms with E-state index in [2.05, 4.69) is 27.2 Å². The van der Waals surface area contributed by atoms with Gasteiger partial charge < -0.3 is 20.1 Å². The highest BCUT2D eigenvalue weighted by Crippen LogP contribution is 2.32. The van der Waals surface area contributed by atoms with E-state index < -0.39 is 35.7 Å². The summed E-state index contributed by atoms with van der Waals surface area (Å²) in [5, 5.41) is 12.8. The SMILES string of the molecule is CCCCCCCCCCCCn1c(C(C(=O)Nc2ccccc2CO)N2C(=O)C(OCC)N(Cc3ccccc3)C2=O)nc2nc[nH]c2c1=O. The maximum Gasteiger partial charge on any atom is 0.330 e. The first-order chi connectivity index (χ1) is 24.9. The van der Waals surface area contributed by atoms with Crippen LogP contribution in [0.5, 0.6) is 0 Å². The number of aliphatic hydroxyl groups is 1. The van der Waals surface area contributed by atoms with Crippen molar-refractivity contribution in [2.75, 3.05) is 11.9 Å². The van der Waals surface area contributed by atoms with E-state index in [1.165, 1.54) is 47.9 Å². The summed E-state index contributed by atoms with van der Waals surface area (Å²) >= 11 is 0. The Morgan fingerprint density at radius 3 is 2.27 bits per heavy atom. The van der Waals surface area contributed by atoms with Crippen molar-refractivity contribution in [3.63, 3.8) is 0 Å². The Morgan fingerprint density at radius 2 is 1.59 bits per heavy atom. The molecule has 1 aliphatic rings. The number of aliphatic hydroxyl groups excluding tert-OH is 1. The molecule has 5 rings (SSSR count). The van der Waals surface area contributed by atoms with Crippen molar-refractivity contribution in [3.8, 4) is 0 Å². The number of imide groups is 1. The summed E-state index contributed by atoms with van der Waals surface area (Å²) in [5.41, 5.74) is 1.24. The first kappa shape index (κ1) is 37.4. The molecule has 0 saturated carbocycles. The fourth-order valence-corrected chi connectivity index (χ4v) is 6.52. The summed E-state index contributed by atoms with van der Waals surface area (Å²) < 4.78 is 7.19. The van der Waals surface area contributed by atoms with E-state index in [9.17, 15) is 24.3 Å². The van der Waals surface area contributed by atoms with E-state index in [4.69, 9.17) is 4.74 Å². The van der Waals surface area contributed by atoms with Crippen molar-refractivity contribution >= 4 is 34.7 Å². The van der Waals surface area contributed by atoms with Gasteiger partial charge in [0.25, 0.3) is 17.4 Å². The molecule has 272 valence electrons. The van der Waals surface area contributed by atoms with E-state index in [-0.39, 0.29) is 43.3 Å². The summed E-state index contributed by atoms with van der Waals surface area (Å²) in [4.78, 5) is 70.9. The first-order valence-electron chi connectivity index (χ1n) is 18.1. The second-order valence-corrected chi connectivity index (χ2v) is 12.8. The minimum Gasteiger partial charge on any atom is -0.392 e. The number of hydrogen-bond acceptors (Lipinski definition) is 8. The molecule has 1 saturated heterocycles. The maximum absolute atomic E-state index is 14.5. The molecule has 0 spiro atoms. The van der Waals surface area contributed by atoms with Crippen LogP contribution in [0, 0.1) is 0 Å². The van der Waals surface area contributed by atoms with Crippen molar-refractivity contribution < 1.29 is 24.2 Å². The number of aromatic nitrogens is 4.